The molecule has 0 spiro atoms. The third-order valence-electron chi connectivity index (χ3n) is 2.79. The first-order valence-electron chi connectivity index (χ1n) is 10.3. The van der Waals surface area contributed by atoms with Crippen LogP contribution in [0, 0.1) is 0 Å². The van der Waals surface area contributed by atoms with Crippen LogP contribution in [0.5, 0.6) is 0 Å². The summed E-state index contributed by atoms with van der Waals surface area (Å²) in [5.74, 6) is -0.0336. The van der Waals surface area contributed by atoms with E-state index in [4.69, 9.17) is 29.2 Å². The zero-order valence-corrected chi connectivity index (χ0v) is 18.8. The molecule has 29 heavy (non-hydrogen) atoms. The van der Waals surface area contributed by atoms with Crippen molar-refractivity contribution in [1.29, 1.82) is 0 Å². The van der Waals surface area contributed by atoms with Crippen molar-refractivity contribution in [3.8, 4) is 0 Å². The van der Waals surface area contributed by atoms with Crippen molar-refractivity contribution in [3.05, 3.63) is 0 Å². The molecule has 0 aromatic rings. The quantitative estimate of drug-likeness (QED) is 0.365. The molecular formula is C21H49NO7. The standard InChI is InChI=1S/C15H31NO6.C3H8.C2H6O.CH4/c1-3-7-19-9-11-21-13-14-22-12-10-20-8-4-15(18)16(2)5-6-17;1-3-2;1-2-3;/h17H,3-14H2,1-2H3;3H2,1-2H3;3H,2H2,1H3;1H4. The van der Waals surface area contributed by atoms with Gasteiger partial charge < -0.3 is 34.1 Å². The Morgan fingerprint density at radius 3 is 1.45 bits per heavy atom. The van der Waals surface area contributed by atoms with Crippen molar-refractivity contribution in [2.24, 2.45) is 0 Å². The van der Waals surface area contributed by atoms with Gasteiger partial charge in [0, 0.05) is 26.8 Å². The lowest BCUT2D eigenvalue weighted by Crippen LogP contribution is -2.30. The molecular weight excluding hydrogens is 378 g/mol. The van der Waals surface area contributed by atoms with Crippen molar-refractivity contribution >= 4 is 5.91 Å². The number of aliphatic hydroxyl groups excluding tert-OH is 2. The van der Waals surface area contributed by atoms with Gasteiger partial charge in [-0.2, -0.15) is 0 Å². The van der Waals surface area contributed by atoms with E-state index in [-0.39, 0.29) is 26.5 Å². The molecule has 0 aliphatic rings. The molecule has 2 N–H and O–H groups in total. The maximum absolute atomic E-state index is 11.5. The first-order valence-corrected chi connectivity index (χ1v) is 10.3. The molecule has 0 bridgehead atoms. The number of ether oxygens (including phenoxy) is 4. The topological polar surface area (TPSA) is 97.7 Å². The number of hydrogen-bond acceptors (Lipinski definition) is 7. The normalized spacial score (nSPS) is 9.48. The molecule has 8 heteroatoms. The average molecular weight is 428 g/mol. The minimum atomic E-state index is -0.0336. The van der Waals surface area contributed by atoms with Crippen LogP contribution in [-0.4, -0.2) is 101 Å². The summed E-state index contributed by atoms with van der Waals surface area (Å²) < 4.78 is 21.2. The van der Waals surface area contributed by atoms with Crippen molar-refractivity contribution in [2.75, 3.05) is 79.7 Å². The molecule has 0 saturated heterocycles. The molecule has 0 unspecified atom stereocenters. The van der Waals surface area contributed by atoms with Crippen LogP contribution in [0.4, 0.5) is 0 Å². The first-order chi connectivity index (χ1) is 13.5. The lowest BCUT2D eigenvalue weighted by Gasteiger charge is -2.15. The number of carbonyl (C=O) groups is 1. The Hall–Kier alpha value is -0.770. The molecule has 0 aromatic heterocycles. The van der Waals surface area contributed by atoms with E-state index in [9.17, 15) is 4.79 Å². The monoisotopic (exact) mass is 427 g/mol. The molecule has 0 aliphatic carbocycles. The lowest BCUT2D eigenvalue weighted by molar-refractivity contribution is -0.131. The van der Waals surface area contributed by atoms with Gasteiger partial charge in [-0.25, -0.2) is 0 Å². The predicted octanol–water partition coefficient (Wildman–Crippen LogP) is 2.35. The van der Waals surface area contributed by atoms with Crippen molar-refractivity contribution in [1.82, 2.24) is 4.90 Å². The number of aliphatic hydroxyl groups is 2. The molecule has 0 radical (unpaired) electrons. The minimum absolute atomic E-state index is 0. The smallest absolute Gasteiger partial charge is 0.224 e. The van der Waals surface area contributed by atoms with Crippen LogP contribution in [0.1, 0.15) is 54.4 Å². The van der Waals surface area contributed by atoms with E-state index in [1.165, 1.54) is 11.3 Å². The van der Waals surface area contributed by atoms with Gasteiger partial charge >= 0.3 is 0 Å². The molecule has 8 nitrogen and oxygen atoms in total. The number of hydrogen-bond donors (Lipinski definition) is 2. The van der Waals surface area contributed by atoms with Gasteiger partial charge in [-0.05, 0) is 13.3 Å². The maximum atomic E-state index is 11.5. The molecule has 0 aliphatic heterocycles. The van der Waals surface area contributed by atoms with Gasteiger partial charge in [0.15, 0.2) is 0 Å². The number of amides is 1. The summed E-state index contributed by atoms with van der Waals surface area (Å²) in [7, 11) is 1.66. The number of likely N-dealkylation sites (N-methyl/N-ethyl adjacent to an activating group) is 1. The molecule has 1 amide bonds. The third kappa shape index (κ3) is 38.5. The molecule has 0 fully saturated rings. The van der Waals surface area contributed by atoms with Crippen molar-refractivity contribution in [3.63, 3.8) is 0 Å². The van der Waals surface area contributed by atoms with Gasteiger partial charge in [-0.1, -0.05) is 34.6 Å². The summed E-state index contributed by atoms with van der Waals surface area (Å²) >= 11 is 0. The fourth-order valence-electron chi connectivity index (χ4n) is 1.53. The second-order valence-electron chi connectivity index (χ2n) is 5.76. The Labute approximate surface area is 179 Å². The van der Waals surface area contributed by atoms with E-state index in [2.05, 4.69) is 20.8 Å². The van der Waals surface area contributed by atoms with E-state index in [1.54, 1.807) is 14.0 Å². The molecule has 0 heterocycles. The number of carbonyl (C=O) groups excluding carboxylic acids is 1. The van der Waals surface area contributed by atoms with Gasteiger partial charge in [-0.15, -0.1) is 0 Å². The molecule has 0 rings (SSSR count). The zero-order chi connectivity index (χ0) is 21.9. The summed E-state index contributed by atoms with van der Waals surface area (Å²) in [6.07, 6.45) is 2.59. The number of rotatable bonds is 16. The highest BCUT2D eigenvalue weighted by Gasteiger charge is 2.06. The fraction of sp³-hybridized carbons (Fsp3) is 0.952. The fourth-order valence-corrected chi connectivity index (χ4v) is 1.53. The molecule has 0 aromatic carbocycles. The van der Waals surface area contributed by atoms with Crippen molar-refractivity contribution < 1.29 is 34.0 Å². The zero-order valence-electron chi connectivity index (χ0n) is 18.8. The highest BCUT2D eigenvalue weighted by molar-refractivity contribution is 5.75. The maximum Gasteiger partial charge on any atom is 0.224 e. The second kappa shape index (κ2) is 34.7. The highest BCUT2D eigenvalue weighted by atomic mass is 16.6. The summed E-state index contributed by atoms with van der Waals surface area (Å²) in [6, 6.07) is 0. The van der Waals surface area contributed by atoms with E-state index < -0.39 is 0 Å². The lowest BCUT2D eigenvalue weighted by atomic mass is 10.4. The van der Waals surface area contributed by atoms with Crippen LogP contribution in [0.2, 0.25) is 0 Å². The Bertz CT molecular complexity index is 280. The summed E-state index contributed by atoms with van der Waals surface area (Å²) in [4.78, 5) is 13.0. The Morgan fingerprint density at radius 2 is 1.10 bits per heavy atom. The van der Waals surface area contributed by atoms with E-state index in [1.807, 2.05) is 0 Å². The van der Waals surface area contributed by atoms with Crippen LogP contribution >= 0.6 is 0 Å². The van der Waals surface area contributed by atoms with Crippen LogP contribution < -0.4 is 0 Å². The summed E-state index contributed by atoms with van der Waals surface area (Å²) in [5.41, 5.74) is 0. The van der Waals surface area contributed by atoms with Gasteiger partial charge in [-0.3, -0.25) is 4.79 Å². The van der Waals surface area contributed by atoms with Crippen LogP contribution in [0.25, 0.3) is 0 Å². The molecule has 0 saturated carbocycles. The molecule has 180 valence electrons. The summed E-state index contributed by atoms with van der Waals surface area (Å²) in [5, 5.41) is 16.3. The Balaban J connectivity index is -0.000000394. The predicted molar refractivity (Wildman–Crippen MR) is 118 cm³/mol. The Morgan fingerprint density at radius 1 is 0.759 bits per heavy atom. The largest absolute Gasteiger partial charge is 0.397 e. The third-order valence-corrected chi connectivity index (χ3v) is 2.79. The van der Waals surface area contributed by atoms with Crippen LogP contribution in [-0.2, 0) is 23.7 Å². The van der Waals surface area contributed by atoms with Gasteiger partial charge in [0.05, 0.1) is 59.3 Å². The van der Waals surface area contributed by atoms with E-state index >= 15 is 0 Å². The van der Waals surface area contributed by atoms with E-state index in [0.29, 0.717) is 59.2 Å². The highest BCUT2D eigenvalue weighted by Crippen LogP contribution is 1.92. The van der Waals surface area contributed by atoms with Crippen LogP contribution in [0.15, 0.2) is 0 Å². The number of nitrogens with zero attached hydrogens (tertiary/aromatic N) is 1. The first kappa shape index (κ1) is 35.7. The Kier molecular flexibility index (Phi) is 42.7. The van der Waals surface area contributed by atoms with E-state index in [0.717, 1.165) is 13.0 Å². The van der Waals surface area contributed by atoms with Gasteiger partial charge in [0.25, 0.3) is 0 Å². The minimum Gasteiger partial charge on any atom is -0.397 e. The van der Waals surface area contributed by atoms with Gasteiger partial charge in [0.1, 0.15) is 0 Å². The van der Waals surface area contributed by atoms with Gasteiger partial charge in [0.2, 0.25) is 5.91 Å². The second-order valence-corrected chi connectivity index (χ2v) is 5.76. The average Bonchev–Trinajstić information content (AvgIpc) is 2.66. The summed E-state index contributed by atoms with van der Waals surface area (Å²) in [6.45, 7) is 12.9. The van der Waals surface area contributed by atoms with Crippen molar-refractivity contribution in [2.45, 2.75) is 54.4 Å². The van der Waals surface area contributed by atoms with Crippen LogP contribution in [0.3, 0.4) is 0 Å². The molecule has 0 atom stereocenters. The SMILES string of the molecule is C.CCC.CCCOCCOCCOCCOCCC(=O)N(C)CCO.CCO.